The predicted molar refractivity (Wildman–Crippen MR) is 57.9 cm³/mol. The smallest absolute Gasteiger partial charge is 0.410 e. The zero-order chi connectivity index (χ0) is 12.3. The van der Waals surface area contributed by atoms with Crippen molar-refractivity contribution < 1.29 is 19.1 Å². The van der Waals surface area contributed by atoms with Crippen molar-refractivity contribution >= 4 is 12.1 Å². The maximum Gasteiger partial charge on any atom is 0.410 e. The van der Waals surface area contributed by atoms with Gasteiger partial charge in [-0.25, -0.2) is 4.79 Å². The van der Waals surface area contributed by atoms with Crippen LogP contribution in [-0.2, 0) is 14.3 Å². The van der Waals surface area contributed by atoms with Crippen LogP contribution in [0.5, 0.6) is 0 Å². The summed E-state index contributed by atoms with van der Waals surface area (Å²) in [5.74, 6) is -0.371. The lowest BCUT2D eigenvalue weighted by Crippen LogP contribution is -2.32. The van der Waals surface area contributed by atoms with E-state index in [0.29, 0.717) is 13.1 Å². The zero-order valence-electron chi connectivity index (χ0n) is 10.2. The van der Waals surface area contributed by atoms with E-state index in [-0.39, 0.29) is 30.0 Å². The number of ether oxygens (including phenoxy) is 2. The highest BCUT2D eigenvalue weighted by atomic mass is 16.6. The Kier molecular flexibility index (Phi) is 4.15. The lowest BCUT2D eigenvalue weighted by Gasteiger charge is -2.17. The molecule has 16 heavy (non-hydrogen) atoms. The second-order valence-corrected chi connectivity index (χ2v) is 4.44. The molecule has 1 heterocycles. The Bertz CT molecular complexity index is 277. The van der Waals surface area contributed by atoms with E-state index in [1.54, 1.807) is 18.7 Å². The monoisotopic (exact) mass is 229 g/mol. The van der Waals surface area contributed by atoms with Gasteiger partial charge >= 0.3 is 12.1 Å². The van der Waals surface area contributed by atoms with Crippen molar-refractivity contribution in [2.75, 3.05) is 20.2 Å². The number of likely N-dealkylation sites (tertiary alicyclic amines) is 1. The molecule has 2 atom stereocenters. The molecule has 0 radical (unpaired) electrons. The van der Waals surface area contributed by atoms with E-state index in [9.17, 15) is 9.59 Å². The SMILES string of the molecule is COC(=O)C1CN(C(=O)OC(C)C)CC1C. The molecule has 1 aliphatic rings. The van der Waals surface area contributed by atoms with E-state index in [4.69, 9.17) is 9.47 Å². The van der Waals surface area contributed by atoms with Crippen molar-refractivity contribution in [3.63, 3.8) is 0 Å². The molecule has 1 amide bonds. The van der Waals surface area contributed by atoms with Crippen molar-refractivity contribution in [2.24, 2.45) is 11.8 Å². The van der Waals surface area contributed by atoms with Crippen molar-refractivity contribution in [1.82, 2.24) is 4.90 Å². The number of nitrogens with zero attached hydrogens (tertiary/aromatic N) is 1. The summed E-state index contributed by atoms with van der Waals surface area (Å²) in [6, 6.07) is 0. The number of hydrogen-bond donors (Lipinski definition) is 0. The van der Waals surface area contributed by atoms with Crippen LogP contribution in [-0.4, -0.2) is 43.3 Å². The molecule has 2 unspecified atom stereocenters. The fraction of sp³-hybridized carbons (Fsp3) is 0.818. The quantitative estimate of drug-likeness (QED) is 0.669. The normalized spacial score (nSPS) is 24.7. The number of carbonyl (C=O) groups excluding carboxylic acids is 2. The molecule has 5 nitrogen and oxygen atoms in total. The Morgan fingerprint density at radius 2 is 1.94 bits per heavy atom. The van der Waals surface area contributed by atoms with Crippen molar-refractivity contribution in [2.45, 2.75) is 26.9 Å². The van der Waals surface area contributed by atoms with Crippen LogP contribution >= 0.6 is 0 Å². The molecule has 0 saturated carbocycles. The van der Waals surface area contributed by atoms with Gasteiger partial charge in [0.25, 0.3) is 0 Å². The summed E-state index contributed by atoms with van der Waals surface area (Å²) in [5, 5.41) is 0. The lowest BCUT2D eigenvalue weighted by atomic mass is 9.99. The van der Waals surface area contributed by atoms with Gasteiger partial charge in [-0.3, -0.25) is 4.79 Å². The summed E-state index contributed by atoms with van der Waals surface area (Å²) in [6.45, 7) is 6.47. The van der Waals surface area contributed by atoms with Gasteiger partial charge in [-0.05, 0) is 19.8 Å². The van der Waals surface area contributed by atoms with E-state index in [1.807, 2.05) is 6.92 Å². The van der Waals surface area contributed by atoms with E-state index >= 15 is 0 Å². The minimum absolute atomic E-state index is 0.118. The highest BCUT2D eigenvalue weighted by Crippen LogP contribution is 2.24. The minimum atomic E-state index is -0.353. The van der Waals surface area contributed by atoms with Gasteiger partial charge in [0.15, 0.2) is 0 Å². The van der Waals surface area contributed by atoms with Crippen LogP contribution < -0.4 is 0 Å². The number of carbonyl (C=O) groups is 2. The largest absolute Gasteiger partial charge is 0.469 e. The average Bonchev–Trinajstić information content (AvgIpc) is 2.58. The molecule has 0 aliphatic carbocycles. The Balaban J connectivity index is 2.55. The third-order valence-electron chi connectivity index (χ3n) is 2.71. The topological polar surface area (TPSA) is 55.8 Å². The molecular weight excluding hydrogens is 210 g/mol. The Morgan fingerprint density at radius 3 is 2.44 bits per heavy atom. The molecule has 1 fully saturated rings. The van der Waals surface area contributed by atoms with Crippen LogP contribution in [0.1, 0.15) is 20.8 Å². The van der Waals surface area contributed by atoms with E-state index in [2.05, 4.69) is 0 Å². The van der Waals surface area contributed by atoms with Crippen molar-refractivity contribution in [3.8, 4) is 0 Å². The molecule has 0 aromatic carbocycles. The fourth-order valence-corrected chi connectivity index (χ4v) is 1.85. The second kappa shape index (κ2) is 5.18. The van der Waals surface area contributed by atoms with Crippen molar-refractivity contribution in [3.05, 3.63) is 0 Å². The van der Waals surface area contributed by atoms with Gasteiger partial charge < -0.3 is 14.4 Å². The lowest BCUT2D eigenvalue weighted by molar-refractivity contribution is -0.146. The molecule has 0 aromatic heterocycles. The van der Waals surface area contributed by atoms with Gasteiger partial charge in [0.05, 0.1) is 19.1 Å². The maximum absolute atomic E-state index is 11.6. The molecule has 1 saturated heterocycles. The first kappa shape index (κ1) is 12.8. The van der Waals surface area contributed by atoms with E-state index < -0.39 is 0 Å². The van der Waals surface area contributed by atoms with E-state index in [1.165, 1.54) is 7.11 Å². The molecular formula is C11H19NO4. The van der Waals surface area contributed by atoms with Crippen LogP contribution in [0.2, 0.25) is 0 Å². The second-order valence-electron chi connectivity index (χ2n) is 4.44. The first-order chi connectivity index (χ1) is 7.45. The maximum atomic E-state index is 11.6. The summed E-state index contributed by atoms with van der Waals surface area (Å²) < 4.78 is 9.78. The first-order valence-electron chi connectivity index (χ1n) is 5.49. The summed E-state index contributed by atoms with van der Waals surface area (Å²) in [6.07, 6.45) is -0.492. The Labute approximate surface area is 95.7 Å². The zero-order valence-corrected chi connectivity index (χ0v) is 10.2. The van der Waals surface area contributed by atoms with Gasteiger partial charge in [-0.1, -0.05) is 6.92 Å². The average molecular weight is 229 g/mol. The molecule has 0 N–H and O–H groups in total. The van der Waals surface area contributed by atoms with Gasteiger partial charge in [0.2, 0.25) is 0 Å². The number of amides is 1. The van der Waals surface area contributed by atoms with Gasteiger partial charge in [-0.15, -0.1) is 0 Å². The molecule has 0 aromatic rings. The minimum Gasteiger partial charge on any atom is -0.469 e. The fourth-order valence-electron chi connectivity index (χ4n) is 1.85. The highest BCUT2D eigenvalue weighted by Gasteiger charge is 2.38. The summed E-state index contributed by atoms with van der Waals surface area (Å²) in [4.78, 5) is 24.6. The molecule has 0 bridgehead atoms. The Morgan fingerprint density at radius 1 is 1.31 bits per heavy atom. The Hall–Kier alpha value is -1.26. The molecule has 5 heteroatoms. The van der Waals surface area contributed by atoms with Crippen LogP contribution in [0.15, 0.2) is 0 Å². The third kappa shape index (κ3) is 2.87. The van der Waals surface area contributed by atoms with Crippen molar-refractivity contribution in [1.29, 1.82) is 0 Å². The number of methoxy groups -OCH3 is 1. The highest BCUT2D eigenvalue weighted by molar-refractivity contribution is 5.76. The number of rotatable bonds is 2. The summed E-state index contributed by atoms with van der Waals surface area (Å²) in [5.41, 5.74) is 0. The number of esters is 1. The standard InChI is InChI=1S/C11H19NO4/c1-7(2)16-11(14)12-5-8(3)9(6-12)10(13)15-4/h7-9H,5-6H2,1-4H3. The predicted octanol–water partition coefficient (Wildman–Crippen LogP) is 1.27. The van der Waals surface area contributed by atoms with Gasteiger partial charge in [0.1, 0.15) is 0 Å². The van der Waals surface area contributed by atoms with E-state index in [0.717, 1.165) is 0 Å². The first-order valence-corrected chi connectivity index (χ1v) is 5.49. The summed E-state index contributed by atoms with van der Waals surface area (Å²) in [7, 11) is 1.37. The summed E-state index contributed by atoms with van der Waals surface area (Å²) >= 11 is 0. The number of hydrogen-bond acceptors (Lipinski definition) is 4. The third-order valence-corrected chi connectivity index (χ3v) is 2.71. The van der Waals surface area contributed by atoms with Crippen LogP contribution in [0.3, 0.4) is 0 Å². The molecule has 0 spiro atoms. The van der Waals surface area contributed by atoms with Gasteiger partial charge in [0, 0.05) is 13.1 Å². The molecule has 92 valence electrons. The van der Waals surface area contributed by atoms with Gasteiger partial charge in [-0.2, -0.15) is 0 Å². The van der Waals surface area contributed by atoms with Crippen LogP contribution in [0, 0.1) is 11.8 Å². The van der Waals surface area contributed by atoms with Crippen LogP contribution in [0.4, 0.5) is 4.79 Å². The molecule has 1 aliphatic heterocycles. The van der Waals surface area contributed by atoms with Crippen LogP contribution in [0.25, 0.3) is 0 Å². The molecule has 1 rings (SSSR count).